The summed E-state index contributed by atoms with van der Waals surface area (Å²) in [5, 5.41) is 10.8. The van der Waals surface area contributed by atoms with Gasteiger partial charge < -0.3 is 14.2 Å². The predicted molar refractivity (Wildman–Crippen MR) is 61.9 cm³/mol. The Kier molecular flexibility index (Phi) is 4.81. The highest BCUT2D eigenvalue weighted by atomic mass is 16.6. The fourth-order valence-corrected chi connectivity index (χ4v) is 1.19. The van der Waals surface area contributed by atoms with Crippen LogP contribution < -0.4 is 9.47 Å². The number of esters is 2. The van der Waals surface area contributed by atoms with Crippen molar-refractivity contribution in [3.05, 3.63) is 28.3 Å². The lowest BCUT2D eigenvalue weighted by atomic mass is 10.3. The molecule has 8 nitrogen and oxygen atoms in total. The van der Waals surface area contributed by atoms with Crippen LogP contribution in [0.4, 0.5) is 5.69 Å². The second-order valence-corrected chi connectivity index (χ2v) is 3.20. The van der Waals surface area contributed by atoms with E-state index in [1.165, 1.54) is 20.1 Å². The Hall–Kier alpha value is -2.64. The van der Waals surface area contributed by atoms with Gasteiger partial charge in [-0.2, -0.15) is 0 Å². The van der Waals surface area contributed by atoms with Crippen molar-refractivity contribution < 1.29 is 28.7 Å². The molecule has 19 heavy (non-hydrogen) atoms. The van der Waals surface area contributed by atoms with E-state index in [4.69, 9.17) is 4.74 Å². The number of hydrogen-bond acceptors (Lipinski definition) is 7. The lowest BCUT2D eigenvalue weighted by Crippen LogP contribution is -2.23. The minimum atomic E-state index is -1.33. The van der Waals surface area contributed by atoms with Crippen molar-refractivity contribution in [2.45, 2.75) is 6.92 Å². The second-order valence-electron chi connectivity index (χ2n) is 3.20. The van der Waals surface area contributed by atoms with Crippen LogP contribution in [0.3, 0.4) is 0 Å². The largest absolute Gasteiger partial charge is 0.497 e. The van der Waals surface area contributed by atoms with Crippen LogP contribution in [0.15, 0.2) is 18.2 Å². The summed E-state index contributed by atoms with van der Waals surface area (Å²) < 4.78 is 13.9. The van der Waals surface area contributed by atoms with Crippen molar-refractivity contribution in [1.82, 2.24) is 0 Å². The van der Waals surface area contributed by atoms with Gasteiger partial charge in [-0.15, -0.1) is 0 Å². The van der Waals surface area contributed by atoms with Gasteiger partial charge in [0.25, 0.3) is 0 Å². The molecule has 1 aromatic carbocycles. The second kappa shape index (κ2) is 6.34. The van der Waals surface area contributed by atoms with E-state index in [0.29, 0.717) is 0 Å². The monoisotopic (exact) mass is 269 g/mol. The maximum Gasteiger partial charge on any atom is 0.423 e. The van der Waals surface area contributed by atoms with Crippen molar-refractivity contribution in [2.24, 2.45) is 0 Å². The van der Waals surface area contributed by atoms with Crippen molar-refractivity contribution in [2.75, 3.05) is 13.7 Å². The van der Waals surface area contributed by atoms with Crippen LogP contribution in [0.5, 0.6) is 11.5 Å². The summed E-state index contributed by atoms with van der Waals surface area (Å²) in [5.74, 6) is -2.70. The minimum Gasteiger partial charge on any atom is -0.497 e. The molecule has 102 valence electrons. The summed E-state index contributed by atoms with van der Waals surface area (Å²) in [6.07, 6.45) is 0. The average molecular weight is 269 g/mol. The first-order valence-corrected chi connectivity index (χ1v) is 5.21. The minimum absolute atomic E-state index is 0.00582. The third-order valence-electron chi connectivity index (χ3n) is 2.01. The number of ether oxygens (including phenoxy) is 3. The number of rotatable bonds is 4. The molecule has 0 aromatic heterocycles. The fourth-order valence-electron chi connectivity index (χ4n) is 1.19. The van der Waals surface area contributed by atoms with E-state index in [1.54, 1.807) is 0 Å². The molecule has 0 aliphatic heterocycles. The topological polar surface area (TPSA) is 105 Å². The highest BCUT2D eigenvalue weighted by Gasteiger charge is 2.24. The van der Waals surface area contributed by atoms with E-state index >= 15 is 0 Å². The summed E-state index contributed by atoms with van der Waals surface area (Å²) in [6, 6.07) is 3.57. The highest BCUT2D eigenvalue weighted by molar-refractivity contribution is 6.30. The number of nitro benzene ring substituents is 1. The first-order valence-electron chi connectivity index (χ1n) is 5.21. The Morgan fingerprint density at radius 1 is 1.32 bits per heavy atom. The number of hydrogen-bond donors (Lipinski definition) is 0. The molecule has 0 aliphatic rings. The van der Waals surface area contributed by atoms with Crippen molar-refractivity contribution in [3.8, 4) is 11.5 Å². The number of nitrogens with zero attached hydrogens (tertiary/aromatic N) is 1. The maximum atomic E-state index is 11.3. The van der Waals surface area contributed by atoms with Crippen LogP contribution in [0.25, 0.3) is 0 Å². The third-order valence-corrected chi connectivity index (χ3v) is 2.01. The zero-order valence-corrected chi connectivity index (χ0v) is 10.2. The van der Waals surface area contributed by atoms with Gasteiger partial charge in [-0.3, -0.25) is 10.1 Å². The summed E-state index contributed by atoms with van der Waals surface area (Å²) in [6.45, 7) is 1.51. The van der Waals surface area contributed by atoms with E-state index < -0.39 is 22.5 Å². The number of benzene rings is 1. The standard InChI is InChI=1S/C11H11NO7/c1-3-18-10(13)11(14)19-9-6-7(17-2)4-5-8(9)12(15)16/h4-6H,3H2,1-2H3. The molecule has 0 saturated heterocycles. The molecule has 0 radical (unpaired) electrons. The van der Waals surface area contributed by atoms with E-state index in [2.05, 4.69) is 9.47 Å². The van der Waals surface area contributed by atoms with E-state index in [1.807, 2.05) is 0 Å². The lowest BCUT2D eigenvalue weighted by Gasteiger charge is -2.06. The van der Waals surface area contributed by atoms with E-state index in [0.717, 1.165) is 12.1 Å². The Morgan fingerprint density at radius 3 is 2.53 bits per heavy atom. The molecule has 0 spiro atoms. The molecule has 0 saturated carbocycles. The van der Waals surface area contributed by atoms with Gasteiger partial charge in [0.05, 0.1) is 18.6 Å². The molecule has 0 amide bonds. The van der Waals surface area contributed by atoms with Gasteiger partial charge in [-0.1, -0.05) is 0 Å². The van der Waals surface area contributed by atoms with Gasteiger partial charge in [-0.05, 0) is 13.0 Å². The first kappa shape index (κ1) is 14.4. The van der Waals surface area contributed by atoms with Crippen LogP contribution >= 0.6 is 0 Å². The lowest BCUT2D eigenvalue weighted by molar-refractivity contribution is -0.385. The molecular formula is C11H11NO7. The summed E-state index contributed by atoms with van der Waals surface area (Å²) >= 11 is 0. The molecule has 0 N–H and O–H groups in total. The zero-order valence-electron chi connectivity index (χ0n) is 10.2. The Labute approximate surface area is 108 Å². The number of methoxy groups -OCH3 is 1. The van der Waals surface area contributed by atoms with Crippen LogP contribution in [0.1, 0.15) is 6.92 Å². The van der Waals surface area contributed by atoms with Gasteiger partial charge in [0.2, 0.25) is 5.75 Å². The molecule has 0 atom stereocenters. The van der Waals surface area contributed by atoms with E-state index in [9.17, 15) is 19.7 Å². The molecule has 0 bridgehead atoms. The fraction of sp³-hybridized carbons (Fsp3) is 0.273. The van der Waals surface area contributed by atoms with Gasteiger partial charge in [0.1, 0.15) is 5.75 Å². The summed E-state index contributed by atoms with van der Waals surface area (Å²) in [7, 11) is 1.35. The molecule has 1 aromatic rings. The summed E-state index contributed by atoms with van der Waals surface area (Å²) in [4.78, 5) is 32.4. The molecule has 0 unspecified atom stereocenters. The molecule has 0 heterocycles. The van der Waals surface area contributed by atoms with Gasteiger partial charge in [-0.25, -0.2) is 9.59 Å². The SMILES string of the molecule is CCOC(=O)C(=O)Oc1cc(OC)ccc1[N+](=O)[O-]. The molecule has 0 fully saturated rings. The van der Waals surface area contributed by atoms with Crippen molar-refractivity contribution in [1.29, 1.82) is 0 Å². The van der Waals surface area contributed by atoms with Crippen LogP contribution in [0, 0.1) is 10.1 Å². The zero-order chi connectivity index (χ0) is 14.4. The van der Waals surface area contributed by atoms with Crippen LogP contribution in [-0.2, 0) is 14.3 Å². The van der Waals surface area contributed by atoms with Gasteiger partial charge >= 0.3 is 17.6 Å². The van der Waals surface area contributed by atoms with E-state index in [-0.39, 0.29) is 18.1 Å². The van der Waals surface area contributed by atoms with Crippen molar-refractivity contribution >= 4 is 17.6 Å². The normalized spacial score (nSPS) is 9.58. The Balaban J connectivity index is 3.00. The quantitative estimate of drug-likeness (QED) is 0.264. The highest BCUT2D eigenvalue weighted by Crippen LogP contribution is 2.31. The Bertz CT molecular complexity index is 512. The average Bonchev–Trinajstić information content (AvgIpc) is 2.38. The predicted octanol–water partition coefficient (Wildman–Crippen LogP) is 1.07. The smallest absolute Gasteiger partial charge is 0.423 e. The number of carbonyl (C=O) groups excluding carboxylic acids is 2. The molecule has 1 rings (SSSR count). The molecular weight excluding hydrogens is 258 g/mol. The number of carbonyl (C=O) groups is 2. The maximum absolute atomic E-state index is 11.3. The van der Waals surface area contributed by atoms with Gasteiger partial charge in [0.15, 0.2) is 0 Å². The first-order chi connectivity index (χ1) is 8.99. The van der Waals surface area contributed by atoms with Crippen molar-refractivity contribution in [3.63, 3.8) is 0 Å². The third kappa shape index (κ3) is 3.66. The Morgan fingerprint density at radius 2 is 2.00 bits per heavy atom. The van der Waals surface area contributed by atoms with Crippen LogP contribution in [-0.4, -0.2) is 30.6 Å². The molecule has 8 heteroatoms. The molecule has 0 aliphatic carbocycles. The number of nitro groups is 1. The van der Waals surface area contributed by atoms with Crippen LogP contribution in [0.2, 0.25) is 0 Å². The summed E-state index contributed by atoms with van der Waals surface area (Å²) in [5.41, 5.74) is -0.460. The van der Waals surface area contributed by atoms with Gasteiger partial charge in [0, 0.05) is 12.1 Å².